The van der Waals surface area contributed by atoms with Crippen molar-refractivity contribution in [1.29, 1.82) is 0 Å². The van der Waals surface area contributed by atoms with Crippen molar-refractivity contribution in [3.8, 4) is 0 Å². The van der Waals surface area contributed by atoms with Gasteiger partial charge >= 0.3 is 5.97 Å². The van der Waals surface area contributed by atoms with E-state index in [1.165, 1.54) is 11.0 Å². The summed E-state index contributed by atoms with van der Waals surface area (Å²) in [6.45, 7) is 6.09. The molecule has 1 atom stereocenters. The summed E-state index contributed by atoms with van der Waals surface area (Å²) in [6, 6.07) is 4.75. The minimum absolute atomic E-state index is 0.164. The minimum atomic E-state index is -0.410. The molecule has 1 fully saturated rings. The molecule has 6 heteroatoms. The monoisotopic (exact) mass is 318 g/mol. The van der Waals surface area contributed by atoms with Crippen LogP contribution in [-0.2, 0) is 9.47 Å². The van der Waals surface area contributed by atoms with E-state index in [1.54, 1.807) is 12.1 Å². The van der Waals surface area contributed by atoms with E-state index >= 15 is 0 Å². The van der Waals surface area contributed by atoms with Crippen LogP contribution in [0.1, 0.15) is 17.3 Å². The first kappa shape index (κ1) is 15.6. The van der Waals surface area contributed by atoms with Gasteiger partial charge in [0.2, 0.25) is 0 Å². The Morgan fingerprint density at radius 3 is 2.75 bits per heavy atom. The van der Waals surface area contributed by atoms with Crippen LogP contribution >= 0.6 is 23.2 Å². The summed E-state index contributed by atoms with van der Waals surface area (Å²) in [5.41, 5.74) is 0.347. The van der Waals surface area contributed by atoms with Gasteiger partial charge in [-0.3, -0.25) is 0 Å². The molecule has 1 aromatic carbocycles. The van der Waals surface area contributed by atoms with Crippen LogP contribution in [0.25, 0.3) is 0 Å². The first-order valence-corrected chi connectivity index (χ1v) is 7.39. The number of carbonyl (C=O) groups excluding carboxylic acids is 1. The van der Waals surface area contributed by atoms with Crippen molar-refractivity contribution >= 4 is 29.2 Å². The molecule has 1 aliphatic rings. The summed E-state index contributed by atoms with van der Waals surface area (Å²) in [7, 11) is 0. The smallest absolute Gasteiger partial charge is 0.340 e. The Bertz CT molecular complexity index is 475. The molecule has 0 spiro atoms. The van der Waals surface area contributed by atoms with Crippen LogP contribution in [0.5, 0.6) is 0 Å². The van der Waals surface area contributed by atoms with E-state index in [4.69, 9.17) is 32.7 Å². The maximum atomic E-state index is 12.0. The third kappa shape index (κ3) is 4.35. The molecule has 110 valence electrons. The molecule has 1 aliphatic heterocycles. The number of hydrogen-bond acceptors (Lipinski definition) is 3. The first-order chi connectivity index (χ1) is 9.56. The highest BCUT2D eigenvalue weighted by molar-refractivity contribution is 6.36. The van der Waals surface area contributed by atoms with Gasteiger partial charge in [-0.15, -0.1) is 0 Å². The molecule has 2 rings (SSSR count). The molecule has 1 heterocycles. The summed E-state index contributed by atoms with van der Waals surface area (Å²) >= 11 is 11.8. The number of morpholine rings is 1. The number of halogens is 2. The van der Waals surface area contributed by atoms with Crippen LogP contribution in [0.2, 0.25) is 10.0 Å². The molecule has 0 unspecified atom stereocenters. The standard InChI is InChI=1S/C14H17Cl2NO3/c1-10(9-17-4-6-19-7-5-17)20-14(18)12-3-2-11(15)8-13(12)16/h2-3,8,10H,4-7,9H2,1H3/p+1/t10-/m1/s1. The van der Waals surface area contributed by atoms with Crippen molar-refractivity contribution in [2.24, 2.45) is 0 Å². The highest BCUT2D eigenvalue weighted by Gasteiger charge is 2.21. The van der Waals surface area contributed by atoms with Crippen molar-refractivity contribution < 1.29 is 19.2 Å². The Balaban J connectivity index is 1.89. The fourth-order valence-corrected chi connectivity index (χ4v) is 2.70. The second kappa shape index (κ2) is 7.27. The number of nitrogens with one attached hydrogen (secondary N) is 1. The zero-order valence-electron chi connectivity index (χ0n) is 11.3. The number of benzene rings is 1. The van der Waals surface area contributed by atoms with Gasteiger partial charge in [0.15, 0.2) is 0 Å². The molecule has 0 amide bonds. The second-order valence-corrected chi connectivity index (χ2v) is 5.75. The van der Waals surface area contributed by atoms with Gasteiger partial charge in [-0.25, -0.2) is 4.79 Å². The van der Waals surface area contributed by atoms with Crippen LogP contribution in [0.4, 0.5) is 0 Å². The number of carbonyl (C=O) groups is 1. The average Bonchev–Trinajstić information content (AvgIpc) is 2.39. The number of ether oxygens (including phenoxy) is 2. The van der Waals surface area contributed by atoms with Gasteiger partial charge in [-0.2, -0.15) is 0 Å². The molecule has 0 saturated carbocycles. The predicted octanol–water partition coefficient (Wildman–Crippen LogP) is 1.45. The lowest BCUT2D eigenvalue weighted by Gasteiger charge is -2.26. The molecule has 4 nitrogen and oxygen atoms in total. The van der Waals surface area contributed by atoms with Gasteiger partial charge in [-0.1, -0.05) is 23.2 Å². The molecule has 1 aromatic rings. The summed E-state index contributed by atoms with van der Waals surface area (Å²) in [5.74, 6) is -0.410. The first-order valence-electron chi connectivity index (χ1n) is 6.63. The van der Waals surface area contributed by atoms with E-state index in [1.807, 2.05) is 6.92 Å². The number of quaternary nitrogens is 1. The minimum Gasteiger partial charge on any atom is -0.453 e. The van der Waals surface area contributed by atoms with Gasteiger partial charge in [0, 0.05) is 5.02 Å². The number of esters is 1. The maximum Gasteiger partial charge on any atom is 0.340 e. The fourth-order valence-electron chi connectivity index (χ4n) is 2.21. The average molecular weight is 319 g/mol. The van der Waals surface area contributed by atoms with E-state index in [0.717, 1.165) is 32.8 Å². The van der Waals surface area contributed by atoms with E-state index in [0.29, 0.717) is 15.6 Å². The van der Waals surface area contributed by atoms with E-state index in [2.05, 4.69) is 0 Å². The van der Waals surface area contributed by atoms with Crippen LogP contribution in [-0.4, -0.2) is 44.9 Å². The van der Waals surface area contributed by atoms with Crippen LogP contribution in [0.15, 0.2) is 18.2 Å². The highest BCUT2D eigenvalue weighted by Crippen LogP contribution is 2.21. The number of rotatable bonds is 4. The SMILES string of the molecule is C[C@H](C[NH+]1CCOCC1)OC(=O)c1ccc(Cl)cc1Cl. The third-order valence-electron chi connectivity index (χ3n) is 3.24. The van der Waals surface area contributed by atoms with Gasteiger partial charge in [-0.05, 0) is 25.1 Å². The van der Waals surface area contributed by atoms with Gasteiger partial charge in [0.05, 0.1) is 23.8 Å². The summed E-state index contributed by atoms with van der Waals surface area (Å²) in [4.78, 5) is 13.4. The van der Waals surface area contributed by atoms with Crippen LogP contribution in [0, 0.1) is 0 Å². The van der Waals surface area contributed by atoms with E-state index in [9.17, 15) is 4.79 Å². The van der Waals surface area contributed by atoms with E-state index < -0.39 is 5.97 Å². The fraction of sp³-hybridized carbons (Fsp3) is 0.500. The molecule has 0 radical (unpaired) electrons. The number of hydrogen-bond donors (Lipinski definition) is 1. The van der Waals surface area contributed by atoms with Crippen molar-refractivity contribution in [2.45, 2.75) is 13.0 Å². The molecule has 0 aromatic heterocycles. The molecule has 20 heavy (non-hydrogen) atoms. The molecule has 0 aliphatic carbocycles. The third-order valence-corrected chi connectivity index (χ3v) is 3.78. The maximum absolute atomic E-state index is 12.0. The van der Waals surface area contributed by atoms with Crippen molar-refractivity contribution in [3.63, 3.8) is 0 Å². The molecular formula is C14H18Cl2NO3+. The van der Waals surface area contributed by atoms with Crippen molar-refractivity contribution in [1.82, 2.24) is 0 Å². The lowest BCUT2D eigenvalue weighted by molar-refractivity contribution is -0.910. The van der Waals surface area contributed by atoms with Gasteiger partial charge < -0.3 is 14.4 Å². The lowest BCUT2D eigenvalue weighted by atomic mass is 10.2. The summed E-state index contributed by atoms with van der Waals surface area (Å²) in [6.07, 6.45) is -0.164. The van der Waals surface area contributed by atoms with Crippen LogP contribution in [0.3, 0.4) is 0 Å². The molecule has 1 N–H and O–H groups in total. The topological polar surface area (TPSA) is 40.0 Å². The second-order valence-electron chi connectivity index (χ2n) is 4.91. The predicted molar refractivity (Wildman–Crippen MR) is 77.7 cm³/mol. The Morgan fingerprint density at radius 2 is 2.10 bits per heavy atom. The summed E-state index contributed by atoms with van der Waals surface area (Å²) < 4.78 is 10.7. The summed E-state index contributed by atoms with van der Waals surface area (Å²) in [5, 5.41) is 0.811. The normalized spacial score (nSPS) is 17.8. The Morgan fingerprint density at radius 1 is 1.40 bits per heavy atom. The quantitative estimate of drug-likeness (QED) is 0.854. The highest BCUT2D eigenvalue weighted by atomic mass is 35.5. The van der Waals surface area contributed by atoms with Crippen molar-refractivity contribution in [2.75, 3.05) is 32.8 Å². The van der Waals surface area contributed by atoms with Crippen LogP contribution < -0.4 is 4.90 Å². The Hall–Kier alpha value is -0.810. The largest absolute Gasteiger partial charge is 0.453 e. The van der Waals surface area contributed by atoms with E-state index in [-0.39, 0.29) is 6.10 Å². The molecule has 1 saturated heterocycles. The van der Waals surface area contributed by atoms with Crippen molar-refractivity contribution in [3.05, 3.63) is 33.8 Å². The van der Waals surface area contributed by atoms with Gasteiger partial charge in [0.1, 0.15) is 25.7 Å². The molecular weight excluding hydrogens is 301 g/mol. The Labute approximate surface area is 128 Å². The lowest BCUT2D eigenvalue weighted by Crippen LogP contribution is -3.15. The molecule has 0 bridgehead atoms. The zero-order valence-corrected chi connectivity index (χ0v) is 12.8. The Kier molecular flexibility index (Phi) is 5.66. The van der Waals surface area contributed by atoms with Gasteiger partial charge in [0.25, 0.3) is 0 Å². The zero-order chi connectivity index (χ0) is 14.5.